The van der Waals surface area contributed by atoms with Gasteiger partial charge < -0.3 is 19.5 Å². The maximum Gasteiger partial charge on any atom is 0.295 e. The minimum atomic E-state index is -0.741. The zero-order valence-electron chi connectivity index (χ0n) is 20.5. The van der Waals surface area contributed by atoms with Crippen LogP contribution in [-0.4, -0.2) is 42.0 Å². The van der Waals surface area contributed by atoms with Gasteiger partial charge in [-0.2, -0.15) is 0 Å². The molecule has 1 N–H and O–H groups in total. The number of likely N-dealkylation sites (tertiary alicyclic amines) is 1. The van der Waals surface area contributed by atoms with Gasteiger partial charge in [0.2, 0.25) is 0 Å². The van der Waals surface area contributed by atoms with E-state index in [1.54, 1.807) is 18.2 Å². The van der Waals surface area contributed by atoms with E-state index in [0.717, 1.165) is 21.2 Å². The summed E-state index contributed by atoms with van der Waals surface area (Å²) < 4.78 is 12.0. The van der Waals surface area contributed by atoms with E-state index in [0.29, 0.717) is 23.5 Å². The van der Waals surface area contributed by atoms with Crippen molar-refractivity contribution in [2.75, 3.05) is 20.3 Å². The molecule has 1 amide bonds. The van der Waals surface area contributed by atoms with Crippen LogP contribution in [-0.2, 0) is 20.9 Å². The van der Waals surface area contributed by atoms with Crippen LogP contribution in [0.3, 0.4) is 0 Å². The number of carbonyl (C=O) groups is 2. The molecule has 1 fully saturated rings. The minimum absolute atomic E-state index is 0.0615. The zero-order valence-corrected chi connectivity index (χ0v) is 22.0. The van der Waals surface area contributed by atoms with Gasteiger partial charge >= 0.3 is 0 Å². The van der Waals surface area contributed by atoms with Crippen LogP contribution in [0.15, 0.2) is 76.8 Å². The molecule has 0 aliphatic carbocycles. The third-order valence-corrected chi connectivity index (χ3v) is 7.25. The Morgan fingerprint density at radius 3 is 2.39 bits per heavy atom. The second kappa shape index (κ2) is 11.1. The van der Waals surface area contributed by atoms with E-state index in [9.17, 15) is 14.7 Å². The molecule has 186 valence electrons. The third kappa shape index (κ3) is 5.22. The Kier molecular flexibility index (Phi) is 7.91. The highest BCUT2D eigenvalue weighted by molar-refractivity contribution is 9.10. The summed E-state index contributed by atoms with van der Waals surface area (Å²) in [7, 11) is 1.54. The van der Waals surface area contributed by atoms with Gasteiger partial charge in [-0.3, -0.25) is 9.59 Å². The summed E-state index contributed by atoms with van der Waals surface area (Å²) >= 11 is 3.46. The van der Waals surface area contributed by atoms with Gasteiger partial charge in [-0.1, -0.05) is 58.4 Å². The molecule has 7 heteroatoms. The molecule has 1 saturated heterocycles. The van der Waals surface area contributed by atoms with Crippen molar-refractivity contribution < 1.29 is 24.2 Å². The van der Waals surface area contributed by atoms with Crippen LogP contribution in [0.2, 0.25) is 0 Å². The van der Waals surface area contributed by atoms with Gasteiger partial charge in [0.1, 0.15) is 18.1 Å². The Balaban J connectivity index is 1.68. The lowest BCUT2D eigenvalue weighted by atomic mass is 9.95. The maximum atomic E-state index is 13.1. The number of nitrogens with zero attached hydrogens (tertiary/aromatic N) is 1. The lowest BCUT2D eigenvalue weighted by molar-refractivity contribution is -0.140. The number of methoxy groups -OCH3 is 1. The molecule has 1 heterocycles. The van der Waals surface area contributed by atoms with Crippen molar-refractivity contribution in [1.29, 1.82) is 0 Å². The number of rotatable bonds is 8. The molecule has 1 aliphatic rings. The van der Waals surface area contributed by atoms with Crippen molar-refractivity contribution in [2.45, 2.75) is 26.5 Å². The highest BCUT2D eigenvalue weighted by Crippen LogP contribution is 2.40. The van der Waals surface area contributed by atoms with Crippen LogP contribution in [0.1, 0.15) is 33.9 Å². The number of hydrogen-bond acceptors (Lipinski definition) is 5. The molecule has 6 nitrogen and oxygen atoms in total. The summed E-state index contributed by atoms with van der Waals surface area (Å²) in [5.41, 5.74) is 4.39. The summed E-state index contributed by atoms with van der Waals surface area (Å²) in [5, 5.41) is 11.2. The van der Waals surface area contributed by atoms with Crippen molar-refractivity contribution in [1.82, 2.24) is 4.90 Å². The monoisotopic (exact) mass is 549 g/mol. The topological polar surface area (TPSA) is 76.1 Å². The molecule has 0 aromatic heterocycles. The second-order valence-electron chi connectivity index (χ2n) is 8.73. The first-order chi connectivity index (χ1) is 17.3. The molecule has 36 heavy (non-hydrogen) atoms. The van der Waals surface area contributed by atoms with Crippen LogP contribution in [0.25, 0.3) is 5.76 Å². The fourth-order valence-corrected chi connectivity index (χ4v) is 4.52. The average Bonchev–Trinajstić information content (AvgIpc) is 3.13. The fraction of sp³-hybridized carbons (Fsp3) is 0.241. The first-order valence-corrected chi connectivity index (χ1v) is 12.4. The van der Waals surface area contributed by atoms with Gasteiger partial charge in [-0.25, -0.2) is 0 Å². The maximum absolute atomic E-state index is 13.1. The largest absolute Gasteiger partial charge is 0.507 e. The summed E-state index contributed by atoms with van der Waals surface area (Å²) in [6.45, 7) is 4.84. The number of aryl methyl sites for hydroxylation is 2. The van der Waals surface area contributed by atoms with Gasteiger partial charge in [-0.05, 0) is 60.4 Å². The Morgan fingerprint density at radius 1 is 1.00 bits per heavy atom. The number of hydrogen-bond donors (Lipinski definition) is 1. The number of ether oxygens (including phenoxy) is 2. The molecular formula is C29H28BrNO5. The third-order valence-electron chi connectivity index (χ3n) is 6.36. The van der Waals surface area contributed by atoms with Crippen LogP contribution in [0, 0.1) is 13.8 Å². The fourth-order valence-electron chi connectivity index (χ4n) is 4.27. The van der Waals surface area contributed by atoms with E-state index in [4.69, 9.17) is 9.47 Å². The number of amides is 1. The molecular weight excluding hydrogens is 522 g/mol. The van der Waals surface area contributed by atoms with Crippen molar-refractivity contribution in [3.63, 3.8) is 0 Å². The van der Waals surface area contributed by atoms with Crippen molar-refractivity contribution >= 4 is 33.4 Å². The summed E-state index contributed by atoms with van der Waals surface area (Å²) in [5.74, 6) is -0.908. The first kappa shape index (κ1) is 25.7. The molecule has 0 spiro atoms. The van der Waals surface area contributed by atoms with Crippen LogP contribution in [0.4, 0.5) is 0 Å². The first-order valence-electron chi connectivity index (χ1n) is 11.6. The molecule has 1 aliphatic heterocycles. The Morgan fingerprint density at radius 2 is 1.72 bits per heavy atom. The van der Waals surface area contributed by atoms with Crippen LogP contribution >= 0.6 is 15.9 Å². The van der Waals surface area contributed by atoms with Crippen molar-refractivity contribution in [3.05, 3.63) is 105 Å². The van der Waals surface area contributed by atoms with Crippen molar-refractivity contribution in [2.24, 2.45) is 0 Å². The van der Waals surface area contributed by atoms with Gasteiger partial charge in [0, 0.05) is 23.7 Å². The van der Waals surface area contributed by atoms with E-state index in [-0.39, 0.29) is 24.5 Å². The molecule has 0 bridgehead atoms. The Labute approximate surface area is 219 Å². The summed E-state index contributed by atoms with van der Waals surface area (Å²) in [6.07, 6.45) is 0. The lowest BCUT2D eigenvalue weighted by Crippen LogP contribution is -2.32. The number of aliphatic hydroxyl groups excluding tert-OH is 1. The summed E-state index contributed by atoms with van der Waals surface area (Å²) in [6, 6.07) is 19.9. The highest BCUT2D eigenvalue weighted by atomic mass is 79.9. The quantitative estimate of drug-likeness (QED) is 0.221. The standard InChI is InChI=1S/C29H28BrNO5/c1-18-6-4-5-7-22(18)17-36-23-11-8-20(9-12-23)26-25(28(33)29(34)31(26)14-15-35-3)27(32)21-10-13-24(30)19(2)16-21/h4-13,16,26,32H,14-15,17H2,1-3H3/b27-25-. The van der Waals surface area contributed by atoms with Crippen LogP contribution < -0.4 is 4.74 Å². The molecule has 3 aromatic carbocycles. The highest BCUT2D eigenvalue weighted by Gasteiger charge is 2.45. The molecule has 0 saturated carbocycles. The van der Waals surface area contributed by atoms with E-state index in [1.165, 1.54) is 12.0 Å². The van der Waals surface area contributed by atoms with Gasteiger partial charge in [-0.15, -0.1) is 0 Å². The van der Waals surface area contributed by atoms with Gasteiger partial charge in [0.25, 0.3) is 11.7 Å². The normalized spacial score (nSPS) is 17.0. The molecule has 3 aromatic rings. The minimum Gasteiger partial charge on any atom is -0.507 e. The Hall–Kier alpha value is -3.42. The van der Waals surface area contributed by atoms with Crippen molar-refractivity contribution in [3.8, 4) is 5.75 Å². The number of carbonyl (C=O) groups excluding carboxylic acids is 2. The molecule has 1 unspecified atom stereocenters. The number of aliphatic hydroxyl groups is 1. The molecule has 1 atom stereocenters. The number of Topliss-reactive ketones (excluding diaryl/α,β-unsaturated/α-hetero) is 1. The van der Waals surface area contributed by atoms with E-state index in [1.807, 2.05) is 62.4 Å². The number of benzene rings is 3. The van der Waals surface area contributed by atoms with Gasteiger partial charge in [0.15, 0.2) is 0 Å². The van der Waals surface area contributed by atoms with Gasteiger partial charge in [0.05, 0.1) is 18.2 Å². The number of ketones is 1. The van der Waals surface area contributed by atoms with E-state index < -0.39 is 17.7 Å². The second-order valence-corrected chi connectivity index (χ2v) is 9.59. The van der Waals surface area contributed by atoms with Crippen LogP contribution in [0.5, 0.6) is 5.75 Å². The summed E-state index contributed by atoms with van der Waals surface area (Å²) in [4.78, 5) is 27.5. The van der Waals surface area contributed by atoms with E-state index in [2.05, 4.69) is 15.9 Å². The zero-order chi connectivity index (χ0) is 25.8. The smallest absolute Gasteiger partial charge is 0.295 e. The SMILES string of the molecule is COCCN1C(=O)C(=O)/C(=C(\O)c2ccc(Br)c(C)c2)C1c1ccc(OCc2ccccc2C)cc1. The Bertz CT molecular complexity index is 1320. The average molecular weight is 550 g/mol. The molecule has 4 rings (SSSR count). The van der Waals surface area contributed by atoms with E-state index >= 15 is 0 Å². The predicted octanol–water partition coefficient (Wildman–Crippen LogP) is 5.71. The molecule has 0 radical (unpaired) electrons. The predicted molar refractivity (Wildman–Crippen MR) is 142 cm³/mol. The lowest BCUT2D eigenvalue weighted by Gasteiger charge is -2.25. The number of halogens is 1.